The molecule has 4 rings (SSSR count). The third-order valence-corrected chi connectivity index (χ3v) is 6.37. The number of amides is 2. The first kappa shape index (κ1) is 21.9. The first-order valence-electron chi connectivity index (χ1n) is 11.0. The van der Waals surface area contributed by atoms with Crippen molar-refractivity contribution in [3.05, 3.63) is 59.7 Å². The summed E-state index contributed by atoms with van der Waals surface area (Å²) >= 11 is 0. The number of aliphatic carboxylic acids is 1. The minimum atomic E-state index is -1.01. The van der Waals surface area contributed by atoms with Gasteiger partial charge in [-0.05, 0) is 41.0 Å². The van der Waals surface area contributed by atoms with E-state index in [1.54, 1.807) is 0 Å². The monoisotopic (exact) mass is 436 g/mol. The highest BCUT2D eigenvalue weighted by Crippen LogP contribution is 2.44. The second-order valence-electron chi connectivity index (χ2n) is 8.72. The summed E-state index contributed by atoms with van der Waals surface area (Å²) in [5, 5.41) is 12.1. The zero-order valence-corrected chi connectivity index (χ0v) is 18.3. The molecule has 1 fully saturated rings. The molecule has 2 aromatic rings. The Kier molecular flexibility index (Phi) is 6.17. The summed E-state index contributed by atoms with van der Waals surface area (Å²) in [6, 6.07) is 14.5. The van der Waals surface area contributed by atoms with Gasteiger partial charge in [-0.25, -0.2) is 9.59 Å². The number of benzene rings is 2. The number of nitrogens with one attached hydrogen (secondary N) is 1. The molecular formula is C25H28N2O5. The molecule has 7 nitrogen and oxygen atoms in total. The fraction of sp³-hybridized carbons (Fsp3) is 0.400. The number of likely N-dealkylation sites (tertiary alicyclic amines) is 1. The zero-order chi connectivity index (χ0) is 22.8. The van der Waals surface area contributed by atoms with E-state index in [0.29, 0.717) is 19.4 Å². The molecule has 0 radical (unpaired) electrons. The molecule has 32 heavy (non-hydrogen) atoms. The van der Waals surface area contributed by atoms with Crippen LogP contribution in [0.5, 0.6) is 0 Å². The number of carboxylic acids is 1. The van der Waals surface area contributed by atoms with E-state index in [2.05, 4.69) is 17.4 Å². The molecule has 2 amide bonds. The summed E-state index contributed by atoms with van der Waals surface area (Å²) in [6.07, 6.45) is 0.389. The van der Waals surface area contributed by atoms with Crippen LogP contribution >= 0.6 is 0 Å². The lowest BCUT2D eigenvalue weighted by Crippen LogP contribution is -2.53. The van der Waals surface area contributed by atoms with Crippen LogP contribution in [0.15, 0.2) is 48.5 Å². The number of hydrogen-bond donors (Lipinski definition) is 2. The topological polar surface area (TPSA) is 95.9 Å². The third kappa shape index (κ3) is 4.07. The van der Waals surface area contributed by atoms with Gasteiger partial charge in [-0.2, -0.15) is 0 Å². The van der Waals surface area contributed by atoms with Gasteiger partial charge in [-0.15, -0.1) is 0 Å². The van der Waals surface area contributed by atoms with Gasteiger partial charge in [0.05, 0.1) is 0 Å². The van der Waals surface area contributed by atoms with Gasteiger partial charge in [0.2, 0.25) is 5.91 Å². The van der Waals surface area contributed by atoms with E-state index in [4.69, 9.17) is 4.74 Å². The Morgan fingerprint density at radius 2 is 1.66 bits per heavy atom. The van der Waals surface area contributed by atoms with Crippen LogP contribution < -0.4 is 5.32 Å². The molecule has 2 aromatic carbocycles. The average molecular weight is 437 g/mol. The Morgan fingerprint density at radius 1 is 1.06 bits per heavy atom. The zero-order valence-electron chi connectivity index (χ0n) is 18.3. The van der Waals surface area contributed by atoms with Crippen LogP contribution in [0.1, 0.15) is 43.7 Å². The van der Waals surface area contributed by atoms with Crippen molar-refractivity contribution in [2.45, 2.75) is 44.7 Å². The number of hydrogen-bond acceptors (Lipinski definition) is 4. The maximum atomic E-state index is 13.0. The van der Waals surface area contributed by atoms with Crippen LogP contribution in [0.3, 0.4) is 0 Å². The van der Waals surface area contributed by atoms with Crippen LogP contribution in [0.25, 0.3) is 11.1 Å². The predicted octanol–water partition coefficient (Wildman–Crippen LogP) is 3.63. The van der Waals surface area contributed by atoms with Gasteiger partial charge in [0.15, 0.2) is 0 Å². The Hall–Kier alpha value is -3.35. The molecule has 2 N–H and O–H groups in total. The molecule has 2 aliphatic rings. The number of carbonyl (C=O) groups excluding carboxylic acids is 2. The quantitative estimate of drug-likeness (QED) is 0.721. The number of rotatable bonds is 6. The first-order valence-corrected chi connectivity index (χ1v) is 11.0. The Labute approximate surface area is 187 Å². The SMILES string of the molecule is CC(C)[C@@H](NC(=O)OCC1c2ccccc2-c2ccccc21)C(=O)N1CCCC1C(=O)O. The molecule has 1 unspecified atom stereocenters. The molecular weight excluding hydrogens is 408 g/mol. The molecule has 0 aromatic heterocycles. The van der Waals surface area contributed by atoms with Gasteiger partial charge in [0, 0.05) is 12.5 Å². The summed E-state index contributed by atoms with van der Waals surface area (Å²) in [4.78, 5) is 38.5. The van der Waals surface area contributed by atoms with E-state index in [-0.39, 0.29) is 24.3 Å². The lowest BCUT2D eigenvalue weighted by atomic mass is 9.98. The second kappa shape index (κ2) is 9.02. The third-order valence-electron chi connectivity index (χ3n) is 6.37. The van der Waals surface area contributed by atoms with Gasteiger partial charge < -0.3 is 20.1 Å². The molecule has 1 aliphatic carbocycles. The minimum Gasteiger partial charge on any atom is -0.480 e. The molecule has 2 atom stereocenters. The highest BCUT2D eigenvalue weighted by Gasteiger charge is 2.39. The summed E-state index contributed by atoms with van der Waals surface area (Å²) < 4.78 is 5.57. The molecule has 7 heteroatoms. The molecule has 1 aliphatic heterocycles. The highest BCUT2D eigenvalue weighted by atomic mass is 16.5. The van der Waals surface area contributed by atoms with Gasteiger partial charge >= 0.3 is 12.1 Å². The van der Waals surface area contributed by atoms with E-state index in [1.807, 2.05) is 50.2 Å². The van der Waals surface area contributed by atoms with Gasteiger partial charge in [0.1, 0.15) is 18.7 Å². The number of fused-ring (bicyclic) bond motifs is 3. The molecule has 0 spiro atoms. The van der Waals surface area contributed by atoms with Crippen molar-refractivity contribution in [3.8, 4) is 11.1 Å². The number of ether oxygens (including phenoxy) is 1. The number of carbonyl (C=O) groups is 3. The lowest BCUT2D eigenvalue weighted by Gasteiger charge is -2.29. The molecule has 168 valence electrons. The van der Waals surface area contributed by atoms with Crippen LogP contribution in [-0.2, 0) is 14.3 Å². The van der Waals surface area contributed by atoms with Gasteiger partial charge in [-0.3, -0.25) is 4.79 Å². The van der Waals surface area contributed by atoms with Gasteiger partial charge in [0.25, 0.3) is 0 Å². The smallest absolute Gasteiger partial charge is 0.407 e. The van der Waals surface area contributed by atoms with E-state index in [0.717, 1.165) is 22.3 Å². The minimum absolute atomic E-state index is 0.0728. The van der Waals surface area contributed by atoms with Gasteiger partial charge in [-0.1, -0.05) is 62.4 Å². The van der Waals surface area contributed by atoms with E-state index in [9.17, 15) is 19.5 Å². The van der Waals surface area contributed by atoms with E-state index >= 15 is 0 Å². The number of nitrogens with zero attached hydrogens (tertiary/aromatic N) is 1. The normalized spacial score (nSPS) is 18.2. The second-order valence-corrected chi connectivity index (χ2v) is 8.72. The Balaban J connectivity index is 1.44. The molecule has 1 heterocycles. The van der Waals surface area contributed by atoms with Crippen molar-refractivity contribution in [2.24, 2.45) is 5.92 Å². The van der Waals surface area contributed by atoms with Crippen LogP contribution in [0.2, 0.25) is 0 Å². The van der Waals surface area contributed by atoms with Crippen LogP contribution in [0.4, 0.5) is 4.79 Å². The van der Waals surface area contributed by atoms with Crippen molar-refractivity contribution in [3.63, 3.8) is 0 Å². The molecule has 0 saturated carbocycles. The summed E-state index contributed by atoms with van der Waals surface area (Å²) in [5.41, 5.74) is 4.50. The van der Waals surface area contributed by atoms with Crippen molar-refractivity contribution >= 4 is 18.0 Å². The Bertz CT molecular complexity index is 989. The van der Waals surface area contributed by atoms with Crippen molar-refractivity contribution in [1.29, 1.82) is 0 Å². The highest BCUT2D eigenvalue weighted by molar-refractivity contribution is 5.90. The number of alkyl carbamates (subject to hydrolysis) is 1. The van der Waals surface area contributed by atoms with Crippen molar-refractivity contribution in [1.82, 2.24) is 10.2 Å². The first-order chi connectivity index (χ1) is 15.4. The van der Waals surface area contributed by atoms with Crippen molar-refractivity contribution < 1.29 is 24.2 Å². The maximum Gasteiger partial charge on any atom is 0.407 e. The lowest BCUT2D eigenvalue weighted by molar-refractivity contribution is -0.149. The number of carboxylic acid groups (broad SMARTS) is 1. The summed E-state index contributed by atoms with van der Waals surface area (Å²) in [6.45, 7) is 4.17. The molecule has 1 saturated heterocycles. The largest absolute Gasteiger partial charge is 0.480 e. The van der Waals surface area contributed by atoms with E-state index < -0.39 is 24.1 Å². The standard InChI is InChI=1S/C25H28N2O5/c1-15(2)22(23(28)27-13-7-12-21(27)24(29)30)26-25(31)32-14-20-18-10-5-3-8-16(18)17-9-4-6-11-19(17)20/h3-6,8-11,15,20-22H,7,12-14H2,1-2H3,(H,26,31)(H,29,30)/t21?,22-/m1/s1. The van der Waals surface area contributed by atoms with Crippen molar-refractivity contribution in [2.75, 3.05) is 13.2 Å². The predicted molar refractivity (Wildman–Crippen MR) is 119 cm³/mol. The summed E-state index contributed by atoms with van der Waals surface area (Å²) in [5.74, 6) is -1.67. The fourth-order valence-corrected chi connectivity index (χ4v) is 4.75. The molecule has 0 bridgehead atoms. The Morgan fingerprint density at radius 3 is 2.22 bits per heavy atom. The van der Waals surface area contributed by atoms with Crippen LogP contribution in [0, 0.1) is 5.92 Å². The van der Waals surface area contributed by atoms with E-state index in [1.165, 1.54) is 4.90 Å². The fourth-order valence-electron chi connectivity index (χ4n) is 4.75. The maximum absolute atomic E-state index is 13.0. The summed E-state index contributed by atoms with van der Waals surface area (Å²) in [7, 11) is 0. The average Bonchev–Trinajstić information content (AvgIpc) is 3.39. The van der Waals surface area contributed by atoms with Crippen LogP contribution in [-0.4, -0.2) is 53.2 Å².